The second-order valence-corrected chi connectivity index (χ2v) is 8.67. The Labute approximate surface area is 205 Å². The highest BCUT2D eigenvalue weighted by Gasteiger charge is 2.25. The minimum Gasteiger partial charge on any atom is -0.397 e. The summed E-state index contributed by atoms with van der Waals surface area (Å²) in [6.45, 7) is 1.29. The Bertz CT molecular complexity index is 1270. The second kappa shape index (κ2) is 10.4. The Morgan fingerprint density at radius 3 is 2.76 bits per heavy atom. The van der Waals surface area contributed by atoms with Crippen molar-refractivity contribution in [1.29, 1.82) is 0 Å². The Morgan fingerprint density at radius 1 is 1.15 bits per heavy atom. The molecule has 1 atom stereocenters. The smallest absolute Gasteiger partial charge is 0.325 e. The number of rotatable bonds is 7. The van der Waals surface area contributed by atoms with Crippen LogP contribution in [-0.2, 0) is 0 Å². The van der Waals surface area contributed by atoms with Crippen molar-refractivity contribution in [1.82, 2.24) is 19.5 Å². The fourth-order valence-electron chi connectivity index (χ4n) is 3.38. The fourth-order valence-corrected chi connectivity index (χ4v) is 4.11. The SMILES string of the molecule is Nc1ccc(NCC[NH2+]c2ncc(-n3cc(Cl)ccc3=O)c(C3CC=C(Cl)C=C3Cl)n2)nc1. The van der Waals surface area contributed by atoms with E-state index >= 15 is 0 Å². The van der Waals surface area contributed by atoms with Gasteiger partial charge in [0.05, 0.1) is 41.0 Å². The van der Waals surface area contributed by atoms with Crippen LogP contribution < -0.4 is 21.9 Å². The monoisotopic (exact) mass is 504 g/mol. The summed E-state index contributed by atoms with van der Waals surface area (Å²) in [5, 5.41) is 6.66. The van der Waals surface area contributed by atoms with E-state index in [0.29, 0.717) is 57.6 Å². The summed E-state index contributed by atoms with van der Waals surface area (Å²) in [5.74, 6) is 1.00. The predicted octanol–water partition coefficient (Wildman–Crippen LogP) is 3.30. The molecule has 170 valence electrons. The van der Waals surface area contributed by atoms with E-state index < -0.39 is 0 Å². The number of quaternary nitrogens is 1. The molecule has 3 aromatic rings. The molecule has 0 aromatic carbocycles. The standard InChI is InChI=1S/C22H20Cl3N7O/c23-13-1-4-16(17(25)9-13)21-18(32-12-14(24)2-6-20(32)33)11-30-22(31-21)28-8-7-27-19-5-3-15(26)10-29-19/h1-3,5-6,9-12,16H,4,7-8,26H2,(H,27,29)(H,28,30,31)/p+1. The minimum absolute atomic E-state index is 0.245. The molecule has 0 fully saturated rings. The average Bonchev–Trinajstić information content (AvgIpc) is 2.80. The summed E-state index contributed by atoms with van der Waals surface area (Å²) >= 11 is 18.8. The Morgan fingerprint density at radius 2 is 2.00 bits per heavy atom. The van der Waals surface area contributed by atoms with E-state index in [1.54, 1.807) is 36.8 Å². The van der Waals surface area contributed by atoms with Gasteiger partial charge in [-0.25, -0.2) is 4.98 Å². The molecule has 3 heterocycles. The number of hydrogen-bond acceptors (Lipinski definition) is 6. The predicted molar refractivity (Wildman–Crippen MR) is 131 cm³/mol. The van der Waals surface area contributed by atoms with Gasteiger partial charge >= 0.3 is 5.95 Å². The molecule has 8 nitrogen and oxygen atoms in total. The number of nitrogens with one attached hydrogen (secondary N) is 1. The van der Waals surface area contributed by atoms with Crippen LogP contribution >= 0.6 is 34.8 Å². The zero-order chi connectivity index (χ0) is 23.4. The number of pyridine rings is 2. The molecular formula is C22H21Cl3N7O+. The van der Waals surface area contributed by atoms with Gasteiger partial charge in [-0.2, -0.15) is 9.97 Å². The highest BCUT2D eigenvalue weighted by atomic mass is 35.5. The van der Waals surface area contributed by atoms with E-state index in [0.717, 1.165) is 5.82 Å². The summed E-state index contributed by atoms with van der Waals surface area (Å²) in [6, 6.07) is 6.55. The van der Waals surface area contributed by atoms with Crippen LogP contribution in [0.3, 0.4) is 0 Å². The third-order valence-electron chi connectivity index (χ3n) is 5.00. The van der Waals surface area contributed by atoms with Gasteiger partial charge in [-0.05, 0) is 30.7 Å². The molecule has 5 N–H and O–H groups in total. The molecule has 0 saturated carbocycles. The van der Waals surface area contributed by atoms with Crippen molar-refractivity contribution >= 4 is 52.3 Å². The summed E-state index contributed by atoms with van der Waals surface area (Å²) in [4.78, 5) is 25.9. The van der Waals surface area contributed by atoms with E-state index in [1.165, 1.54) is 10.6 Å². The Hall–Kier alpha value is -2.91. The van der Waals surface area contributed by atoms with Gasteiger partial charge in [0, 0.05) is 28.2 Å². The third-order valence-corrected chi connectivity index (χ3v) is 5.86. The summed E-state index contributed by atoms with van der Waals surface area (Å²) < 4.78 is 1.43. The molecule has 3 aromatic heterocycles. The molecule has 1 unspecified atom stereocenters. The first-order valence-electron chi connectivity index (χ1n) is 10.2. The lowest BCUT2D eigenvalue weighted by Gasteiger charge is -2.21. The number of halogens is 3. The topological polar surface area (TPSA) is 115 Å². The largest absolute Gasteiger partial charge is 0.397 e. The van der Waals surface area contributed by atoms with Crippen molar-refractivity contribution in [3.8, 4) is 5.69 Å². The van der Waals surface area contributed by atoms with E-state index in [4.69, 9.17) is 45.5 Å². The first kappa shape index (κ1) is 23.3. The number of aromatic nitrogens is 4. The summed E-state index contributed by atoms with van der Waals surface area (Å²) in [6.07, 6.45) is 8.87. The summed E-state index contributed by atoms with van der Waals surface area (Å²) in [7, 11) is 0. The first-order chi connectivity index (χ1) is 15.9. The number of nitrogen functional groups attached to an aromatic ring is 1. The maximum atomic E-state index is 12.5. The van der Waals surface area contributed by atoms with Crippen molar-refractivity contribution in [2.24, 2.45) is 0 Å². The molecule has 4 rings (SSSR count). The lowest BCUT2D eigenvalue weighted by atomic mass is 9.95. The molecule has 0 aliphatic heterocycles. The van der Waals surface area contributed by atoms with Gasteiger partial charge in [-0.1, -0.05) is 40.9 Å². The Kier molecular flexibility index (Phi) is 7.29. The number of hydrogen-bond donors (Lipinski definition) is 3. The maximum Gasteiger partial charge on any atom is 0.325 e. The van der Waals surface area contributed by atoms with E-state index in [1.807, 2.05) is 17.5 Å². The van der Waals surface area contributed by atoms with Gasteiger partial charge in [-0.3, -0.25) is 14.7 Å². The molecule has 0 saturated heterocycles. The van der Waals surface area contributed by atoms with Crippen LogP contribution in [0.4, 0.5) is 17.5 Å². The van der Waals surface area contributed by atoms with Crippen LogP contribution in [0.2, 0.25) is 5.02 Å². The maximum absolute atomic E-state index is 12.5. The molecule has 33 heavy (non-hydrogen) atoms. The van der Waals surface area contributed by atoms with Gasteiger partial charge in [-0.15, -0.1) is 0 Å². The minimum atomic E-state index is -0.262. The number of nitrogens with zero attached hydrogens (tertiary/aromatic N) is 4. The van der Waals surface area contributed by atoms with E-state index in [-0.39, 0.29) is 11.5 Å². The average molecular weight is 506 g/mol. The van der Waals surface area contributed by atoms with E-state index in [2.05, 4.69) is 15.3 Å². The fraction of sp³-hybridized carbons (Fsp3) is 0.182. The van der Waals surface area contributed by atoms with Crippen LogP contribution in [0.15, 0.2) is 69.9 Å². The zero-order valence-electron chi connectivity index (χ0n) is 17.4. The van der Waals surface area contributed by atoms with Gasteiger partial charge in [0.2, 0.25) is 0 Å². The van der Waals surface area contributed by atoms with Gasteiger partial charge in [0.1, 0.15) is 12.4 Å². The van der Waals surface area contributed by atoms with E-state index in [9.17, 15) is 4.79 Å². The van der Waals surface area contributed by atoms with Crippen molar-refractivity contribution < 1.29 is 5.32 Å². The molecule has 1 aliphatic carbocycles. The highest BCUT2D eigenvalue weighted by Crippen LogP contribution is 2.37. The molecule has 1 aliphatic rings. The normalized spacial score (nSPS) is 15.7. The van der Waals surface area contributed by atoms with Crippen LogP contribution in [0.25, 0.3) is 5.69 Å². The molecular weight excluding hydrogens is 485 g/mol. The molecule has 0 amide bonds. The van der Waals surface area contributed by atoms with Crippen LogP contribution in [0.1, 0.15) is 18.0 Å². The number of allylic oxidation sites excluding steroid dienone is 4. The number of anilines is 2. The lowest BCUT2D eigenvalue weighted by Crippen LogP contribution is -2.80. The number of nitrogens with two attached hydrogens (primary N) is 2. The van der Waals surface area contributed by atoms with Gasteiger partial charge < -0.3 is 11.1 Å². The third kappa shape index (κ3) is 5.72. The summed E-state index contributed by atoms with van der Waals surface area (Å²) in [5.41, 5.74) is 7.16. The van der Waals surface area contributed by atoms with Crippen molar-refractivity contribution in [2.75, 3.05) is 24.1 Å². The Balaban J connectivity index is 1.58. The van der Waals surface area contributed by atoms with Crippen molar-refractivity contribution in [2.45, 2.75) is 12.3 Å². The van der Waals surface area contributed by atoms with Crippen LogP contribution in [0, 0.1) is 0 Å². The molecule has 0 radical (unpaired) electrons. The quantitative estimate of drug-likeness (QED) is 0.424. The van der Waals surface area contributed by atoms with Crippen LogP contribution in [-0.4, -0.2) is 32.6 Å². The molecule has 11 heteroatoms. The van der Waals surface area contributed by atoms with Crippen molar-refractivity contribution in [3.63, 3.8) is 0 Å². The molecule has 0 bridgehead atoms. The molecule has 0 spiro atoms. The zero-order valence-corrected chi connectivity index (χ0v) is 19.6. The second-order valence-electron chi connectivity index (χ2n) is 7.36. The van der Waals surface area contributed by atoms with Crippen molar-refractivity contribution in [3.05, 3.63) is 86.1 Å². The van der Waals surface area contributed by atoms with Gasteiger partial charge in [0.15, 0.2) is 0 Å². The first-order valence-corrected chi connectivity index (χ1v) is 11.3. The van der Waals surface area contributed by atoms with Gasteiger partial charge in [0.25, 0.3) is 5.56 Å². The highest BCUT2D eigenvalue weighted by molar-refractivity contribution is 6.35. The van der Waals surface area contributed by atoms with Crippen LogP contribution in [0.5, 0.6) is 0 Å². The lowest BCUT2D eigenvalue weighted by molar-refractivity contribution is -0.575.